The van der Waals surface area contributed by atoms with Crippen LogP contribution in [0.3, 0.4) is 0 Å². The lowest BCUT2D eigenvalue weighted by molar-refractivity contribution is -0.102. The van der Waals surface area contributed by atoms with Crippen molar-refractivity contribution in [2.24, 2.45) is 0 Å². The Hall–Kier alpha value is -2.67. The third-order valence-electron chi connectivity index (χ3n) is 5.46. The summed E-state index contributed by atoms with van der Waals surface area (Å²) in [6.07, 6.45) is 0.611. The zero-order valence-corrected chi connectivity index (χ0v) is 17.1. The van der Waals surface area contributed by atoms with E-state index in [4.69, 9.17) is 25.8 Å². The van der Waals surface area contributed by atoms with Gasteiger partial charge in [-0.05, 0) is 23.6 Å². The summed E-state index contributed by atoms with van der Waals surface area (Å²) in [5, 5.41) is 0.721. The summed E-state index contributed by atoms with van der Waals surface area (Å²) in [7, 11) is 0. The molecule has 154 valence electrons. The average molecular weight is 425 g/mol. The first kappa shape index (κ1) is 19.3. The zero-order valence-electron chi connectivity index (χ0n) is 16.3. The van der Waals surface area contributed by atoms with Crippen molar-refractivity contribution in [2.45, 2.75) is 19.1 Å². The van der Waals surface area contributed by atoms with Crippen molar-refractivity contribution < 1.29 is 14.2 Å². The quantitative estimate of drug-likeness (QED) is 0.640. The van der Waals surface area contributed by atoms with Crippen LogP contribution >= 0.6 is 11.6 Å². The highest BCUT2D eigenvalue weighted by molar-refractivity contribution is 6.33. The van der Waals surface area contributed by atoms with Crippen molar-refractivity contribution in [3.05, 3.63) is 69.6 Å². The summed E-state index contributed by atoms with van der Waals surface area (Å²) in [5.74, 6) is 0.309. The first-order chi connectivity index (χ1) is 14.7. The number of nitrogens with zero attached hydrogens (tertiary/aromatic N) is 2. The first-order valence-corrected chi connectivity index (χ1v) is 10.4. The molecule has 1 saturated heterocycles. The molecule has 1 fully saturated rings. The fourth-order valence-electron chi connectivity index (χ4n) is 3.95. The number of benzene rings is 2. The van der Waals surface area contributed by atoms with Gasteiger partial charge in [-0.15, -0.1) is 0 Å². The van der Waals surface area contributed by atoms with Gasteiger partial charge in [0.05, 0.1) is 25.5 Å². The minimum Gasteiger partial charge on any atom is -0.475 e. The van der Waals surface area contributed by atoms with Gasteiger partial charge in [0.1, 0.15) is 12.7 Å². The topological polar surface area (TPSA) is 62.6 Å². The summed E-state index contributed by atoms with van der Waals surface area (Å²) in [6.45, 7) is 2.52. The molecule has 0 N–H and O–H groups in total. The van der Waals surface area contributed by atoms with E-state index >= 15 is 0 Å². The number of aromatic nitrogens is 2. The zero-order chi connectivity index (χ0) is 20.5. The number of hydrogen-bond acceptors (Lipinski definition) is 5. The number of rotatable bonds is 4. The Morgan fingerprint density at radius 3 is 2.87 bits per heavy atom. The van der Waals surface area contributed by atoms with E-state index < -0.39 is 0 Å². The molecule has 0 aliphatic carbocycles. The lowest BCUT2D eigenvalue weighted by Gasteiger charge is -2.24. The maximum atomic E-state index is 12.6. The lowest BCUT2D eigenvalue weighted by atomic mass is 9.93. The van der Waals surface area contributed by atoms with E-state index in [9.17, 15) is 4.79 Å². The average Bonchev–Trinajstić information content (AvgIpc) is 2.78. The van der Waals surface area contributed by atoms with E-state index in [0.717, 1.165) is 33.8 Å². The Kier molecular flexibility index (Phi) is 5.29. The summed E-state index contributed by atoms with van der Waals surface area (Å²) >= 11 is 6.37. The van der Waals surface area contributed by atoms with Gasteiger partial charge in [-0.25, -0.2) is 4.79 Å². The second-order valence-electron chi connectivity index (χ2n) is 7.39. The van der Waals surface area contributed by atoms with Gasteiger partial charge in [-0.3, -0.25) is 4.57 Å². The number of halogens is 1. The molecule has 7 heteroatoms. The molecule has 3 heterocycles. The van der Waals surface area contributed by atoms with Gasteiger partial charge in [0.25, 0.3) is 0 Å². The van der Waals surface area contributed by atoms with Crippen LogP contribution in [0.25, 0.3) is 22.4 Å². The molecule has 30 heavy (non-hydrogen) atoms. The second-order valence-corrected chi connectivity index (χ2v) is 7.80. The Balaban J connectivity index is 1.46. The van der Waals surface area contributed by atoms with Gasteiger partial charge in [-0.1, -0.05) is 48.0 Å². The summed E-state index contributed by atoms with van der Waals surface area (Å²) in [6, 6.07) is 15.9. The molecular formula is C23H21ClN2O4. The van der Waals surface area contributed by atoms with Crippen LogP contribution < -0.4 is 10.4 Å². The van der Waals surface area contributed by atoms with E-state index in [0.29, 0.717) is 38.9 Å². The molecule has 1 aromatic heterocycles. The SMILES string of the molecule is O=c1nc(OCC2COCCO2)cc2n1CCc1cc(-c3ccccc3Cl)ccc1-2. The van der Waals surface area contributed by atoms with Crippen LogP contribution in [-0.2, 0) is 22.4 Å². The molecule has 0 spiro atoms. The van der Waals surface area contributed by atoms with Crippen molar-refractivity contribution in [3.8, 4) is 28.3 Å². The van der Waals surface area contributed by atoms with Gasteiger partial charge in [-0.2, -0.15) is 4.98 Å². The van der Waals surface area contributed by atoms with E-state index in [1.165, 1.54) is 5.56 Å². The predicted octanol–water partition coefficient (Wildman–Crippen LogP) is 3.58. The molecule has 0 bridgehead atoms. The van der Waals surface area contributed by atoms with Gasteiger partial charge in [0.2, 0.25) is 5.88 Å². The van der Waals surface area contributed by atoms with Crippen molar-refractivity contribution in [1.82, 2.24) is 9.55 Å². The molecule has 3 aromatic rings. The van der Waals surface area contributed by atoms with Crippen LogP contribution in [0, 0.1) is 0 Å². The first-order valence-electron chi connectivity index (χ1n) is 10.0. The van der Waals surface area contributed by atoms with E-state index in [-0.39, 0.29) is 11.8 Å². The van der Waals surface area contributed by atoms with Crippen LogP contribution in [0.5, 0.6) is 5.88 Å². The van der Waals surface area contributed by atoms with Crippen molar-refractivity contribution in [2.75, 3.05) is 26.4 Å². The molecule has 1 atom stereocenters. The normalized spacial score (nSPS) is 17.8. The van der Waals surface area contributed by atoms with Crippen LogP contribution in [0.4, 0.5) is 0 Å². The van der Waals surface area contributed by atoms with Crippen molar-refractivity contribution >= 4 is 11.6 Å². The summed E-state index contributed by atoms with van der Waals surface area (Å²) in [5.41, 5.74) is 4.77. The highest BCUT2D eigenvalue weighted by Crippen LogP contribution is 2.35. The molecule has 0 amide bonds. The van der Waals surface area contributed by atoms with Crippen LogP contribution in [0.1, 0.15) is 5.56 Å². The van der Waals surface area contributed by atoms with Crippen molar-refractivity contribution in [3.63, 3.8) is 0 Å². The fourth-order valence-corrected chi connectivity index (χ4v) is 4.20. The summed E-state index contributed by atoms with van der Waals surface area (Å²) < 4.78 is 18.4. The molecule has 2 aromatic carbocycles. The van der Waals surface area contributed by atoms with Crippen LogP contribution in [-0.4, -0.2) is 42.1 Å². The number of ether oxygens (including phenoxy) is 3. The molecular weight excluding hydrogens is 404 g/mol. The number of hydrogen-bond donors (Lipinski definition) is 0. The highest BCUT2D eigenvalue weighted by atomic mass is 35.5. The molecule has 0 saturated carbocycles. The molecule has 0 radical (unpaired) electrons. The predicted molar refractivity (Wildman–Crippen MR) is 114 cm³/mol. The maximum absolute atomic E-state index is 12.6. The highest BCUT2D eigenvalue weighted by Gasteiger charge is 2.21. The van der Waals surface area contributed by atoms with E-state index in [1.54, 1.807) is 4.57 Å². The Morgan fingerprint density at radius 2 is 2.03 bits per heavy atom. The summed E-state index contributed by atoms with van der Waals surface area (Å²) in [4.78, 5) is 16.7. The Bertz CT molecular complexity index is 1140. The van der Waals surface area contributed by atoms with Gasteiger partial charge < -0.3 is 14.2 Å². The molecule has 2 aliphatic rings. The molecule has 2 aliphatic heterocycles. The number of fused-ring (bicyclic) bond motifs is 3. The lowest BCUT2D eigenvalue weighted by Crippen LogP contribution is -2.34. The Morgan fingerprint density at radius 1 is 1.13 bits per heavy atom. The minimum absolute atomic E-state index is 0.148. The molecule has 6 nitrogen and oxygen atoms in total. The van der Waals surface area contributed by atoms with Gasteiger partial charge >= 0.3 is 5.69 Å². The van der Waals surface area contributed by atoms with Gasteiger partial charge in [0.15, 0.2) is 0 Å². The van der Waals surface area contributed by atoms with Crippen LogP contribution in [0.15, 0.2) is 53.3 Å². The maximum Gasteiger partial charge on any atom is 0.351 e. The second kappa shape index (κ2) is 8.22. The minimum atomic E-state index is -0.302. The standard InChI is InChI=1S/C23H21ClN2O4/c24-20-4-2-1-3-18(20)15-5-6-19-16(11-15)7-8-26-21(19)12-22(25-23(26)27)30-14-17-13-28-9-10-29-17/h1-6,11-12,17H,7-10,13-14H2. The van der Waals surface area contributed by atoms with E-state index in [1.807, 2.05) is 42.5 Å². The third-order valence-corrected chi connectivity index (χ3v) is 5.79. The Labute approximate surface area is 179 Å². The smallest absolute Gasteiger partial charge is 0.351 e. The molecule has 1 unspecified atom stereocenters. The van der Waals surface area contributed by atoms with Crippen LogP contribution in [0.2, 0.25) is 5.02 Å². The number of aryl methyl sites for hydroxylation is 1. The van der Waals surface area contributed by atoms with E-state index in [2.05, 4.69) is 11.1 Å². The van der Waals surface area contributed by atoms with Gasteiger partial charge in [0, 0.05) is 28.8 Å². The van der Waals surface area contributed by atoms with Crippen molar-refractivity contribution in [1.29, 1.82) is 0 Å². The largest absolute Gasteiger partial charge is 0.475 e. The molecule has 5 rings (SSSR count). The monoisotopic (exact) mass is 424 g/mol. The third kappa shape index (κ3) is 3.74. The fraction of sp³-hybridized carbons (Fsp3) is 0.304.